The Kier molecular flexibility index (Phi) is 6.10. The first-order chi connectivity index (χ1) is 8.13. The predicted octanol–water partition coefficient (Wildman–Crippen LogP) is 1.16. The van der Waals surface area contributed by atoms with Gasteiger partial charge in [0.1, 0.15) is 0 Å². The Bertz CT molecular complexity index is 385. The second kappa shape index (κ2) is 7.37. The number of hydrogen-bond acceptors (Lipinski definition) is 3. The molecule has 92 valence electrons. The minimum absolute atomic E-state index is 0.248. The van der Waals surface area contributed by atoms with Crippen molar-refractivity contribution in [1.29, 1.82) is 0 Å². The Morgan fingerprint density at radius 3 is 2.53 bits per heavy atom. The fraction of sp³-hybridized carbons (Fsp3) is 0.308. The predicted molar refractivity (Wildman–Crippen MR) is 71.9 cm³/mol. The standard InChI is InChI=1S/C13H17NO2Te/c1-4-16-13(15)9-10-17-12-7-5-11(6-8-12)14(2)3/h5-10H,4H2,1-3H3/b10-9+. The normalized spacial score (nSPS) is 10.5. The molecule has 0 fully saturated rings. The molecule has 0 saturated heterocycles. The van der Waals surface area contributed by atoms with Crippen LogP contribution in [0.2, 0.25) is 0 Å². The maximum absolute atomic E-state index is 11.1. The van der Waals surface area contributed by atoms with Crippen molar-refractivity contribution in [2.75, 3.05) is 25.6 Å². The van der Waals surface area contributed by atoms with Crippen LogP contribution in [0, 0.1) is 0 Å². The molecular weight excluding hydrogens is 330 g/mol. The van der Waals surface area contributed by atoms with Crippen molar-refractivity contribution < 1.29 is 9.53 Å². The molecule has 0 N–H and O–H groups in total. The molecule has 3 nitrogen and oxygen atoms in total. The second-order valence-electron chi connectivity index (χ2n) is 3.56. The van der Waals surface area contributed by atoms with E-state index < -0.39 is 20.9 Å². The summed E-state index contributed by atoms with van der Waals surface area (Å²) in [7, 11) is 4.04. The van der Waals surface area contributed by atoms with Gasteiger partial charge in [-0.3, -0.25) is 0 Å². The van der Waals surface area contributed by atoms with Gasteiger partial charge in [-0.2, -0.15) is 0 Å². The number of rotatable bonds is 5. The van der Waals surface area contributed by atoms with Gasteiger partial charge in [-0.1, -0.05) is 0 Å². The number of esters is 1. The molecule has 1 aromatic rings. The molecular formula is C13H17NO2Te. The Hall–Kier alpha value is -0.980. The first kappa shape index (κ1) is 14.1. The SMILES string of the molecule is CCOC(=O)/C=C/[Te]c1ccc(N(C)C)cc1. The molecule has 0 aliphatic carbocycles. The van der Waals surface area contributed by atoms with E-state index in [4.69, 9.17) is 4.74 Å². The summed E-state index contributed by atoms with van der Waals surface area (Å²) < 4.78 is 8.08. The van der Waals surface area contributed by atoms with Crippen molar-refractivity contribution in [1.82, 2.24) is 0 Å². The van der Waals surface area contributed by atoms with E-state index in [9.17, 15) is 4.79 Å². The van der Waals surface area contributed by atoms with Gasteiger partial charge in [0.2, 0.25) is 0 Å². The molecule has 0 bridgehead atoms. The van der Waals surface area contributed by atoms with E-state index in [1.807, 2.05) is 25.1 Å². The fourth-order valence-electron chi connectivity index (χ4n) is 1.18. The summed E-state index contributed by atoms with van der Waals surface area (Å²) in [6.45, 7) is 2.24. The van der Waals surface area contributed by atoms with Crippen molar-refractivity contribution >= 4 is 36.2 Å². The zero-order chi connectivity index (χ0) is 12.7. The van der Waals surface area contributed by atoms with Gasteiger partial charge in [0.25, 0.3) is 0 Å². The second-order valence-corrected chi connectivity index (χ2v) is 6.36. The molecule has 0 radical (unpaired) electrons. The molecule has 17 heavy (non-hydrogen) atoms. The third kappa shape index (κ3) is 5.25. The van der Waals surface area contributed by atoms with Crippen LogP contribution in [-0.4, -0.2) is 47.6 Å². The van der Waals surface area contributed by atoms with Gasteiger partial charge >= 0.3 is 113 Å². The molecule has 0 amide bonds. The van der Waals surface area contributed by atoms with Gasteiger partial charge in [-0.15, -0.1) is 0 Å². The molecule has 0 heterocycles. The average Bonchev–Trinajstić information content (AvgIpc) is 2.30. The number of carbonyl (C=O) groups is 1. The van der Waals surface area contributed by atoms with E-state index in [0.717, 1.165) is 0 Å². The zero-order valence-corrected chi connectivity index (χ0v) is 12.7. The first-order valence-electron chi connectivity index (χ1n) is 5.41. The van der Waals surface area contributed by atoms with Crippen LogP contribution < -0.4 is 8.51 Å². The molecule has 0 atom stereocenters. The van der Waals surface area contributed by atoms with E-state index in [-0.39, 0.29) is 5.97 Å². The maximum atomic E-state index is 11.1. The molecule has 0 spiro atoms. The van der Waals surface area contributed by atoms with Crippen LogP contribution in [0.4, 0.5) is 5.69 Å². The summed E-state index contributed by atoms with van der Waals surface area (Å²) in [5.41, 5.74) is 1.19. The summed E-state index contributed by atoms with van der Waals surface area (Å²) in [6, 6.07) is 8.43. The summed E-state index contributed by atoms with van der Waals surface area (Å²) in [5, 5.41) is 0. The van der Waals surface area contributed by atoms with Crippen LogP contribution in [0.15, 0.2) is 34.5 Å². The Labute approximate surface area is 113 Å². The van der Waals surface area contributed by atoms with Crippen LogP contribution >= 0.6 is 0 Å². The number of carbonyl (C=O) groups excluding carboxylic acids is 1. The molecule has 0 aromatic heterocycles. The Morgan fingerprint density at radius 2 is 2.00 bits per heavy atom. The van der Waals surface area contributed by atoms with E-state index >= 15 is 0 Å². The summed E-state index contributed by atoms with van der Waals surface area (Å²) in [4.78, 5) is 13.2. The first-order valence-corrected chi connectivity index (χ1v) is 7.92. The summed E-state index contributed by atoms with van der Waals surface area (Å²) in [5.74, 6) is -0.248. The van der Waals surface area contributed by atoms with E-state index in [1.54, 1.807) is 0 Å². The quantitative estimate of drug-likeness (QED) is 0.455. The van der Waals surface area contributed by atoms with Crippen molar-refractivity contribution in [2.45, 2.75) is 6.92 Å². The molecule has 0 saturated carbocycles. The molecule has 0 unspecified atom stereocenters. The summed E-state index contributed by atoms with van der Waals surface area (Å²) >= 11 is -0.431. The molecule has 0 aliphatic rings. The topological polar surface area (TPSA) is 29.5 Å². The number of ether oxygens (including phenoxy) is 1. The number of benzene rings is 1. The molecule has 0 aliphatic heterocycles. The monoisotopic (exact) mass is 349 g/mol. The van der Waals surface area contributed by atoms with Gasteiger partial charge in [-0.05, 0) is 0 Å². The van der Waals surface area contributed by atoms with Crippen molar-refractivity contribution in [3.8, 4) is 0 Å². The molecule has 1 rings (SSSR count). The van der Waals surface area contributed by atoms with Crippen LogP contribution in [0.25, 0.3) is 0 Å². The van der Waals surface area contributed by atoms with E-state index in [0.29, 0.717) is 6.61 Å². The van der Waals surface area contributed by atoms with Crippen LogP contribution in [0.1, 0.15) is 6.92 Å². The van der Waals surface area contributed by atoms with Crippen LogP contribution in [0.5, 0.6) is 0 Å². The zero-order valence-electron chi connectivity index (χ0n) is 10.3. The van der Waals surface area contributed by atoms with Gasteiger partial charge < -0.3 is 0 Å². The molecule has 4 heteroatoms. The summed E-state index contributed by atoms with van der Waals surface area (Å²) in [6.07, 6.45) is 1.53. The third-order valence-corrected chi connectivity index (χ3v) is 4.38. The molecule has 1 aromatic carbocycles. The van der Waals surface area contributed by atoms with Gasteiger partial charge in [0.05, 0.1) is 0 Å². The van der Waals surface area contributed by atoms with Crippen molar-refractivity contribution in [2.24, 2.45) is 0 Å². The van der Waals surface area contributed by atoms with Gasteiger partial charge in [-0.25, -0.2) is 0 Å². The third-order valence-electron chi connectivity index (χ3n) is 2.05. The number of nitrogens with zero attached hydrogens (tertiary/aromatic N) is 1. The van der Waals surface area contributed by atoms with Crippen LogP contribution in [0.3, 0.4) is 0 Å². The average molecular weight is 347 g/mol. The number of anilines is 1. The Balaban J connectivity index is 2.50. The van der Waals surface area contributed by atoms with Crippen LogP contribution in [-0.2, 0) is 9.53 Å². The van der Waals surface area contributed by atoms with Gasteiger partial charge in [0.15, 0.2) is 0 Å². The number of hydrogen-bond donors (Lipinski definition) is 0. The van der Waals surface area contributed by atoms with Gasteiger partial charge in [0, 0.05) is 0 Å². The van der Waals surface area contributed by atoms with Crippen molar-refractivity contribution in [3.63, 3.8) is 0 Å². The van der Waals surface area contributed by atoms with E-state index in [1.165, 1.54) is 15.4 Å². The Morgan fingerprint density at radius 1 is 1.35 bits per heavy atom. The van der Waals surface area contributed by atoms with Crippen molar-refractivity contribution in [3.05, 3.63) is 34.5 Å². The minimum atomic E-state index is -0.431. The fourth-order valence-corrected chi connectivity index (χ4v) is 2.98. The van der Waals surface area contributed by atoms with E-state index in [2.05, 4.69) is 29.2 Å².